The summed E-state index contributed by atoms with van der Waals surface area (Å²) >= 11 is 0. The van der Waals surface area contributed by atoms with Gasteiger partial charge in [0.1, 0.15) is 11.4 Å². The van der Waals surface area contributed by atoms with E-state index < -0.39 is 5.54 Å². The van der Waals surface area contributed by atoms with Crippen molar-refractivity contribution in [3.63, 3.8) is 0 Å². The van der Waals surface area contributed by atoms with Crippen molar-refractivity contribution in [1.82, 2.24) is 14.9 Å². The smallest absolute Gasteiger partial charge is 0.326 e. The Morgan fingerprint density at radius 1 is 1.48 bits per heavy atom. The van der Waals surface area contributed by atoms with Crippen LogP contribution in [0.3, 0.4) is 0 Å². The fourth-order valence-electron chi connectivity index (χ4n) is 2.63. The van der Waals surface area contributed by atoms with Crippen LogP contribution < -0.4 is 5.32 Å². The van der Waals surface area contributed by atoms with Gasteiger partial charge in [-0.3, -0.25) is 4.79 Å². The molecule has 0 aliphatic carbocycles. The summed E-state index contributed by atoms with van der Waals surface area (Å²) in [5, 5.41) is 3.35. The minimum atomic E-state index is -0.666. The van der Waals surface area contributed by atoms with Crippen LogP contribution in [0.5, 0.6) is 0 Å². The number of nitrogens with zero attached hydrogens (tertiary/aromatic N) is 2. The monoisotopic (exact) mass is 295 g/mol. The topological polar surface area (TPSA) is 56.2 Å². The number of hydrogen-bond acceptors (Lipinski definition) is 4. The van der Waals surface area contributed by atoms with Gasteiger partial charge in [-0.05, 0) is 40.2 Å². The molecule has 21 heavy (non-hydrogen) atoms. The number of rotatable bonds is 9. The van der Waals surface area contributed by atoms with E-state index in [1.165, 1.54) is 0 Å². The van der Waals surface area contributed by atoms with E-state index in [0.717, 1.165) is 25.2 Å². The van der Waals surface area contributed by atoms with E-state index in [0.29, 0.717) is 13.0 Å². The number of aryl methyl sites for hydroxylation is 1. The molecular formula is C16H29N3O2. The molecule has 0 fully saturated rings. The maximum absolute atomic E-state index is 12.3. The zero-order chi connectivity index (χ0) is 15.9. The van der Waals surface area contributed by atoms with Gasteiger partial charge in [0, 0.05) is 24.9 Å². The fraction of sp³-hybridized carbons (Fsp3) is 0.750. The molecule has 0 amide bonds. The van der Waals surface area contributed by atoms with Crippen LogP contribution in [0.2, 0.25) is 0 Å². The van der Waals surface area contributed by atoms with Crippen molar-refractivity contribution < 1.29 is 9.53 Å². The van der Waals surface area contributed by atoms with Crippen LogP contribution in [0.4, 0.5) is 0 Å². The minimum Gasteiger partial charge on any atom is -0.465 e. The number of hydrogen-bond donors (Lipinski definition) is 1. The lowest BCUT2D eigenvalue weighted by molar-refractivity contribution is -0.151. The molecule has 0 spiro atoms. The van der Waals surface area contributed by atoms with Crippen LogP contribution >= 0.6 is 0 Å². The second-order valence-electron chi connectivity index (χ2n) is 5.64. The molecule has 1 aromatic heterocycles. The predicted octanol–water partition coefficient (Wildman–Crippen LogP) is 2.72. The van der Waals surface area contributed by atoms with Gasteiger partial charge in [0.15, 0.2) is 0 Å². The molecule has 120 valence electrons. The molecule has 5 nitrogen and oxygen atoms in total. The van der Waals surface area contributed by atoms with Crippen LogP contribution in [0, 0.1) is 0 Å². The first-order chi connectivity index (χ1) is 9.98. The number of imidazole rings is 1. The second kappa shape index (κ2) is 8.17. The molecule has 2 atom stereocenters. The maximum atomic E-state index is 12.3. The van der Waals surface area contributed by atoms with E-state index in [1.54, 1.807) is 0 Å². The highest BCUT2D eigenvalue weighted by atomic mass is 16.5. The Morgan fingerprint density at radius 2 is 2.19 bits per heavy atom. The van der Waals surface area contributed by atoms with E-state index >= 15 is 0 Å². The summed E-state index contributed by atoms with van der Waals surface area (Å²) in [6.45, 7) is 11.3. The first kappa shape index (κ1) is 17.7. The molecule has 0 aromatic carbocycles. The quantitative estimate of drug-likeness (QED) is 0.712. The van der Waals surface area contributed by atoms with Crippen molar-refractivity contribution in [2.45, 2.75) is 65.5 Å². The largest absolute Gasteiger partial charge is 0.465 e. The molecule has 0 bridgehead atoms. The molecule has 1 N–H and O–H groups in total. The van der Waals surface area contributed by atoms with Gasteiger partial charge in [-0.1, -0.05) is 13.8 Å². The molecule has 2 unspecified atom stereocenters. The van der Waals surface area contributed by atoms with E-state index in [1.807, 2.05) is 26.2 Å². The second-order valence-corrected chi connectivity index (χ2v) is 5.64. The number of aromatic nitrogens is 2. The third-order valence-corrected chi connectivity index (χ3v) is 3.73. The van der Waals surface area contributed by atoms with Gasteiger partial charge in [0.05, 0.1) is 6.61 Å². The van der Waals surface area contributed by atoms with Crippen molar-refractivity contribution in [2.24, 2.45) is 0 Å². The summed E-state index contributed by atoms with van der Waals surface area (Å²) < 4.78 is 7.40. The van der Waals surface area contributed by atoms with Crippen molar-refractivity contribution in [3.05, 3.63) is 18.2 Å². The zero-order valence-corrected chi connectivity index (χ0v) is 14.0. The molecule has 1 rings (SSSR count). The first-order valence-corrected chi connectivity index (χ1v) is 7.92. The lowest BCUT2D eigenvalue weighted by atomic mass is 9.93. The van der Waals surface area contributed by atoms with Gasteiger partial charge in [0.2, 0.25) is 0 Å². The molecule has 1 heterocycles. The summed E-state index contributed by atoms with van der Waals surface area (Å²) in [4.78, 5) is 16.7. The summed E-state index contributed by atoms with van der Waals surface area (Å²) in [5.41, 5.74) is -0.666. The number of nitrogens with one attached hydrogen (secondary N) is 1. The Kier molecular flexibility index (Phi) is 6.89. The molecule has 0 saturated heterocycles. The number of esters is 1. The van der Waals surface area contributed by atoms with Crippen molar-refractivity contribution >= 4 is 5.97 Å². The minimum absolute atomic E-state index is 0.177. The molecule has 0 aliphatic heterocycles. The zero-order valence-electron chi connectivity index (χ0n) is 14.0. The molecule has 0 aliphatic rings. The van der Waals surface area contributed by atoms with E-state index in [4.69, 9.17) is 4.74 Å². The van der Waals surface area contributed by atoms with Crippen molar-refractivity contribution in [1.29, 1.82) is 0 Å². The standard InChI is InChI=1S/C16H29N3O2/c1-6-9-18-16(5,15(20)21-8-3)12-13(4)19-11-10-17-14(19)7-2/h10-11,13,18H,6-9,12H2,1-5H3. The molecule has 1 aromatic rings. The SMILES string of the molecule is CCCNC(C)(CC(C)n1ccnc1CC)C(=O)OCC. The van der Waals surface area contributed by atoms with Crippen molar-refractivity contribution in [3.8, 4) is 0 Å². The molecular weight excluding hydrogens is 266 g/mol. The molecule has 5 heteroatoms. The van der Waals surface area contributed by atoms with Gasteiger partial charge < -0.3 is 14.6 Å². The molecule has 0 saturated carbocycles. The number of carbonyl (C=O) groups is 1. The lowest BCUT2D eigenvalue weighted by Gasteiger charge is -2.32. The normalized spacial score (nSPS) is 15.5. The van der Waals surface area contributed by atoms with Gasteiger partial charge in [-0.25, -0.2) is 4.98 Å². The highest BCUT2D eigenvalue weighted by molar-refractivity contribution is 5.80. The Hall–Kier alpha value is -1.36. The van der Waals surface area contributed by atoms with Gasteiger partial charge >= 0.3 is 5.97 Å². The average molecular weight is 295 g/mol. The summed E-state index contributed by atoms with van der Waals surface area (Å²) in [6, 6.07) is 0.182. The van der Waals surface area contributed by atoms with Gasteiger partial charge in [-0.2, -0.15) is 0 Å². The highest BCUT2D eigenvalue weighted by Gasteiger charge is 2.36. The predicted molar refractivity (Wildman–Crippen MR) is 84.3 cm³/mol. The highest BCUT2D eigenvalue weighted by Crippen LogP contribution is 2.24. The van der Waals surface area contributed by atoms with Crippen LogP contribution in [0.15, 0.2) is 12.4 Å². The fourth-order valence-corrected chi connectivity index (χ4v) is 2.63. The Bertz CT molecular complexity index is 444. The van der Waals surface area contributed by atoms with Crippen LogP contribution in [0.1, 0.15) is 59.3 Å². The molecule has 0 radical (unpaired) electrons. The van der Waals surface area contributed by atoms with E-state index in [2.05, 4.69) is 35.6 Å². The first-order valence-electron chi connectivity index (χ1n) is 7.92. The third kappa shape index (κ3) is 4.56. The number of ether oxygens (including phenoxy) is 1. The third-order valence-electron chi connectivity index (χ3n) is 3.73. The summed E-state index contributed by atoms with van der Waals surface area (Å²) in [6.07, 6.45) is 6.34. The Morgan fingerprint density at radius 3 is 2.76 bits per heavy atom. The maximum Gasteiger partial charge on any atom is 0.326 e. The Balaban J connectivity index is 2.87. The Labute approximate surface area is 128 Å². The summed E-state index contributed by atoms with van der Waals surface area (Å²) in [7, 11) is 0. The lowest BCUT2D eigenvalue weighted by Crippen LogP contribution is -2.52. The summed E-state index contributed by atoms with van der Waals surface area (Å²) in [5.74, 6) is 0.868. The average Bonchev–Trinajstić information content (AvgIpc) is 2.94. The van der Waals surface area contributed by atoms with Gasteiger partial charge in [0.25, 0.3) is 0 Å². The van der Waals surface area contributed by atoms with E-state index in [9.17, 15) is 4.79 Å². The van der Waals surface area contributed by atoms with Crippen LogP contribution in [0.25, 0.3) is 0 Å². The van der Waals surface area contributed by atoms with E-state index in [-0.39, 0.29) is 12.0 Å². The van der Waals surface area contributed by atoms with Crippen LogP contribution in [-0.4, -0.2) is 34.2 Å². The van der Waals surface area contributed by atoms with Crippen LogP contribution in [-0.2, 0) is 16.0 Å². The van der Waals surface area contributed by atoms with Gasteiger partial charge in [-0.15, -0.1) is 0 Å². The van der Waals surface area contributed by atoms with Crippen molar-refractivity contribution in [2.75, 3.05) is 13.2 Å². The number of carbonyl (C=O) groups excluding carboxylic acids is 1.